The van der Waals surface area contributed by atoms with Gasteiger partial charge in [-0.25, -0.2) is 4.98 Å². The molecule has 0 aliphatic rings. The van der Waals surface area contributed by atoms with E-state index in [-0.39, 0.29) is 6.04 Å². The van der Waals surface area contributed by atoms with Crippen LogP contribution in [0.1, 0.15) is 39.3 Å². The zero-order chi connectivity index (χ0) is 11.3. The van der Waals surface area contributed by atoms with E-state index >= 15 is 0 Å². The zero-order valence-electron chi connectivity index (χ0n) is 10.1. The second kappa shape index (κ2) is 5.91. The van der Waals surface area contributed by atoms with Crippen LogP contribution in [0, 0.1) is 5.92 Å². The van der Waals surface area contributed by atoms with Gasteiger partial charge in [0.15, 0.2) is 0 Å². The largest absolute Gasteiger partial charge is 0.337 e. The lowest BCUT2D eigenvalue weighted by Crippen LogP contribution is -2.17. The van der Waals surface area contributed by atoms with Gasteiger partial charge in [-0.1, -0.05) is 13.8 Å². The maximum Gasteiger partial charge on any atom is 0.0949 e. The summed E-state index contributed by atoms with van der Waals surface area (Å²) in [7, 11) is 0. The number of hydrogen-bond acceptors (Lipinski definition) is 2. The van der Waals surface area contributed by atoms with Crippen molar-refractivity contribution in [3.05, 3.63) is 18.2 Å². The third kappa shape index (κ3) is 4.98. The molecule has 0 aromatic carbocycles. The average Bonchev–Trinajstić information content (AvgIpc) is 2.50. The number of aryl methyl sites for hydroxylation is 1. The van der Waals surface area contributed by atoms with Gasteiger partial charge in [-0.15, -0.1) is 0 Å². The summed E-state index contributed by atoms with van der Waals surface area (Å²) in [6.07, 6.45) is 7.41. The molecule has 86 valence electrons. The van der Waals surface area contributed by atoms with Crippen molar-refractivity contribution in [2.75, 3.05) is 0 Å². The number of nitrogens with two attached hydrogens (primary N) is 1. The quantitative estimate of drug-likeness (QED) is 0.780. The Balaban J connectivity index is 2.33. The number of aromatic nitrogens is 2. The standard InChI is InChI=1S/C12H23N3/c1-10(2)5-4-6-15-8-12(14-9-15)7-11(3)13/h8-11H,4-7,13H2,1-3H3. The molecule has 0 fully saturated rings. The van der Waals surface area contributed by atoms with Crippen molar-refractivity contribution in [1.82, 2.24) is 9.55 Å². The molecule has 0 bridgehead atoms. The molecular weight excluding hydrogens is 186 g/mol. The molecule has 1 atom stereocenters. The molecule has 1 rings (SSSR count). The van der Waals surface area contributed by atoms with E-state index in [9.17, 15) is 0 Å². The van der Waals surface area contributed by atoms with Gasteiger partial charge in [0.05, 0.1) is 12.0 Å². The van der Waals surface area contributed by atoms with Gasteiger partial charge in [0.2, 0.25) is 0 Å². The van der Waals surface area contributed by atoms with Crippen LogP contribution in [0.5, 0.6) is 0 Å². The minimum absolute atomic E-state index is 0.198. The Kier molecular flexibility index (Phi) is 4.82. The Hall–Kier alpha value is -0.830. The second-order valence-corrected chi connectivity index (χ2v) is 4.82. The highest BCUT2D eigenvalue weighted by atomic mass is 15.0. The molecule has 2 N–H and O–H groups in total. The summed E-state index contributed by atoms with van der Waals surface area (Å²) in [5, 5.41) is 0. The number of imidazole rings is 1. The summed E-state index contributed by atoms with van der Waals surface area (Å²) in [6, 6.07) is 0.198. The SMILES string of the molecule is CC(C)CCCn1cnc(CC(C)N)c1. The Morgan fingerprint density at radius 1 is 1.40 bits per heavy atom. The van der Waals surface area contributed by atoms with Crippen LogP contribution in [0.15, 0.2) is 12.5 Å². The fourth-order valence-electron chi connectivity index (χ4n) is 1.65. The fourth-order valence-corrected chi connectivity index (χ4v) is 1.65. The van der Waals surface area contributed by atoms with Crippen molar-refractivity contribution in [2.24, 2.45) is 11.7 Å². The van der Waals surface area contributed by atoms with Gasteiger partial charge in [-0.2, -0.15) is 0 Å². The van der Waals surface area contributed by atoms with Gasteiger partial charge in [0.25, 0.3) is 0 Å². The van der Waals surface area contributed by atoms with E-state index in [1.54, 1.807) is 0 Å². The Labute approximate surface area is 92.7 Å². The normalized spacial score (nSPS) is 13.4. The van der Waals surface area contributed by atoms with Crippen LogP contribution in [0.2, 0.25) is 0 Å². The maximum atomic E-state index is 5.72. The zero-order valence-corrected chi connectivity index (χ0v) is 10.1. The van der Waals surface area contributed by atoms with Gasteiger partial charge >= 0.3 is 0 Å². The summed E-state index contributed by atoms with van der Waals surface area (Å²) < 4.78 is 2.17. The highest BCUT2D eigenvalue weighted by Crippen LogP contribution is 2.06. The van der Waals surface area contributed by atoms with E-state index in [4.69, 9.17) is 5.73 Å². The monoisotopic (exact) mass is 209 g/mol. The van der Waals surface area contributed by atoms with Crippen molar-refractivity contribution in [3.63, 3.8) is 0 Å². The van der Waals surface area contributed by atoms with E-state index in [0.717, 1.165) is 24.6 Å². The average molecular weight is 209 g/mol. The molecule has 0 radical (unpaired) electrons. The Morgan fingerprint density at radius 3 is 2.73 bits per heavy atom. The third-order valence-corrected chi connectivity index (χ3v) is 2.42. The van der Waals surface area contributed by atoms with Gasteiger partial charge in [-0.05, 0) is 25.7 Å². The first kappa shape index (κ1) is 12.2. The molecule has 0 aliphatic carbocycles. The highest BCUT2D eigenvalue weighted by Gasteiger charge is 2.02. The van der Waals surface area contributed by atoms with Gasteiger partial charge < -0.3 is 10.3 Å². The molecule has 3 nitrogen and oxygen atoms in total. The predicted octanol–water partition coefficient (Wildman–Crippen LogP) is 2.21. The first-order valence-corrected chi connectivity index (χ1v) is 5.84. The first-order chi connectivity index (χ1) is 7.08. The van der Waals surface area contributed by atoms with E-state index in [2.05, 4.69) is 29.6 Å². The van der Waals surface area contributed by atoms with Crippen LogP contribution in [0.25, 0.3) is 0 Å². The summed E-state index contributed by atoms with van der Waals surface area (Å²) in [4.78, 5) is 4.34. The Morgan fingerprint density at radius 2 is 2.13 bits per heavy atom. The van der Waals surface area contributed by atoms with Crippen molar-refractivity contribution < 1.29 is 0 Å². The molecule has 0 saturated carbocycles. The van der Waals surface area contributed by atoms with E-state index < -0.39 is 0 Å². The van der Waals surface area contributed by atoms with Gasteiger partial charge in [0, 0.05) is 25.2 Å². The van der Waals surface area contributed by atoms with E-state index in [1.165, 1.54) is 12.8 Å². The minimum Gasteiger partial charge on any atom is -0.337 e. The van der Waals surface area contributed by atoms with Crippen molar-refractivity contribution in [2.45, 2.75) is 52.6 Å². The van der Waals surface area contributed by atoms with Crippen LogP contribution < -0.4 is 5.73 Å². The molecule has 1 aromatic rings. The molecule has 1 aromatic heterocycles. The number of hydrogen-bond donors (Lipinski definition) is 1. The van der Waals surface area contributed by atoms with Crippen LogP contribution >= 0.6 is 0 Å². The van der Waals surface area contributed by atoms with Gasteiger partial charge in [0.1, 0.15) is 0 Å². The van der Waals surface area contributed by atoms with Crippen LogP contribution in [0.4, 0.5) is 0 Å². The number of nitrogens with zero attached hydrogens (tertiary/aromatic N) is 2. The molecule has 3 heteroatoms. The van der Waals surface area contributed by atoms with Crippen molar-refractivity contribution >= 4 is 0 Å². The maximum absolute atomic E-state index is 5.72. The lowest BCUT2D eigenvalue weighted by atomic mass is 10.1. The number of rotatable bonds is 6. The van der Waals surface area contributed by atoms with Crippen molar-refractivity contribution in [3.8, 4) is 0 Å². The third-order valence-electron chi connectivity index (χ3n) is 2.42. The fraction of sp³-hybridized carbons (Fsp3) is 0.750. The minimum atomic E-state index is 0.198. The summed E-state index contributed by atoms with van der Waals surface area (Å²) in [5.74, 6) is 0.789. The molecule has 0 amide bonds. The van der Waals surface area contributed by atoms with Crippen LogP contribution in [0.3, 0.4) is 0 Å². The summed E-state index contributed by atoms with van der Waals surface area (Å²) in [5.41, 5.74) is 6.83. The van der Waals surface area contributed by atoms with Gasteiger partial charge in [-0.3, -0.25) is 0 Å². The van der Waals surface area contributed by atoms with Crippen LogP contribution in [-0.4, -0.2) is 15.6 Å². The van der Waals surface area contributed by atoms with E-state index in [0.29, 0.717) is 0 Å². The topological polar surface area (TPSA) is 43.8 Å². The lowest BCUT2D eigenvalue weighted by Gasteiger charge is -2.04. The second-order valence-electron chi connectivity index (χ2n) is 4.82. The molecule has 0 spiro atoms. The molecule has 0 saturated heterocycles. The molecular formula is C12H23N3. The smallest absolute Gasteiger partial charge is 0.0949 e. The van der Waals surface area contributed by atoms with E-state index in [1.807, 2.05) is 13.3 Å². The Bertz CT molecular complexity index is 276. The van der Waals surface area contributed by atoms with Crippen LogP contribution in [-0.2, 0) is 13.0 Å². The summed E-state index contributed by atoms with van der Waals surface area (Å²) in [6.45, 7) is 7.60. The lowest BCUT2D eigenvalue weighted by molar-refractivity contribution is 0.511. The molecule has 0 aliphatic heterocycles. The summed E-state index contributed by atoms with van der Waals surface area (Å²) >= 11 is 0. The highest BCUT2D eigenvalue weighted by molar-refractivity contribution is 4.98. The molecule has 1 unspecified atom stereocenters. The molecule has 1 heterocycles. The van der Waals surface area contributed by atoms with Crippen molar-refractivity contribution in [1.29, 1.82) is 0 Å². The molecule has 15 heavy (non-hydrogen) atoms. The predicted molar refractivity (Wildman–Crippen MR) is 63.7 cm³/mol. The first-order valence-electron chi connectivity index (χ1n) is 5.84.